The Kier molecular flexibility index (Phi) is 4.11. The van der Waals surface area contributed by atoms with E-state index < -0.39 is 0 Å². The van der Waals surface area contributed by atoms with Gasteiger partial charge in [0, 0.05) is 30.4 Å². The van der Waals surface area contributed by atoms with E-state index in [-0.39, 0.29) is 0 Å². The lowest BCUT2D eigenvalue weighted by Crippen LogP contribution is -2.17. The zero-order valence-electron chi connectivity index (χ0n) is 11.9. The van der Waals surface area contributed by atoms with Crippen LogP contribution in [0.3, 0.4) is 0 Å². The number of hydrogen-bond acceptors (Lipinski definition) is 2. The van der Waals surface area contributed by atoms with Crippen molar-refractivity contribution in [3.63, 3.8) is 0 Å². The highest BCUT2D eigenvalue weighted by molar-refractivity contribution is 7.56. The number of phenols is 1. The van der Waals surface area contributed by atoms with Crippen LogP contribution in [0.1, 0.15) is 11.1 Å². The van der Waals surface area contributed by atoms with Crippen molar-refractivity contribution in [3.8, 4) is 5.75 Å². The van der Waals surface area contributed by atoms with Crippen LogP contribution in [0.15, 0.2) is 36.4 Å². The van der Waals surface area contributed by atoms with Gasteiger partial charge in [-0.3, -0.25) is 0 Å². The van der Waals surface area contributed by atoms with E-state index in [1.807, 2.05) is 33.2 Å². The maximum Gasteiger partial charge on any atom is 0.126 e. The first-order valence-electron chi connectivity index (χ1n) is 6.32. The lowest BCUT2D eigenvalue weighted by atomic mass is 10.1. The van der Waals surface area contributed by atoms with E-state index in [0.29, 0.717) is 14.3 Å². The second-order valence-corrected chi connectivity index (χ2v) is 6.34. The fraction of sp³-hybridized carbons (Fsp3) is 0.250. The van der Waals surface area contributed by atoms with E-state index in [0.717, 1.165) is 10.9 Å². The van der Waals surface area contributed by atoms with Crippen molar-refractivity contribution >= 4 is 24.9 Å². The number of benzene rings is 2. The molecule has 100 valence electrons. The molecule has 2 nitrogen and oxygen atoms in total. The smallest absolute Gasteiger partial charge is 0.126 e. The first-order valence-corrected chi connectivity index (χ1v) is 7.32. The van der Waals surface area contributed by atoms with E-state index in [4.69, 9.17) is 0 Å². The number of hydrogen-bond donors (Lipinski definition) is 1. The molecule has 2 aromatic carbocycles. The molecule has 0 aliphatic rings. The minimum absolute atomic E-state index is 0.428. The van der Waals surface area contributed by atoms with E-state index in [2.05, 4.69) is 36.1 Å². The maximum absolute atomic E-state index is 10.2. The molecule has 0 fully saturated rings. The van der Waals surface area contributed by atoms with E-state index in [1.165, 1.54) is 16.6 Å². The van der Waals surface area contributed by atoms with Crippen LogP contribution in [0, 0.1) is 13.8 Å². The Labute approximate surface area is 116 Å². The molecule has 1 unspecified atom stereocenters. The SMILES string of the molecule is Cc1cc(C)c(O)c(Pc2ccccc2N(C)C)c1. The molecule has 0 saturated carbocycles. The van der Waals surface area contributed by atoms with Gasteiger partial charge in [0.2, 0.25) is 0 Å². The molecule has 3 heteroatoms. The molecule has 2 rings (SSSR count). The van der Waals surface area contributed by atoms with E-state index >= 15 is 0 Å². The third kappa shape index (κ3) is 3.08. The normalized spacial score (nSPS) is 11.2. The number of phenolic OH excluding ortho intramolecular Hbond substituents is 1. The summed E-state index contributed by atoms with van der Waals surface area (Å²) >= 11 is 0. The number of aromatic hydroxyl groups is 1. The van der Waals surface area contributed by atoms with Gasteiger partial charge >= 0.3 is 0 Å². The number of aryl methyl sites for hydroxylation is 2. The summed E-state index contributed by atoms with van der Waals surface area (Å²) in [5.74, 6) is 0.428. The minimum Gasteiger partial charge on any atom is -0.507 e. The topological polar surface area (TPSA) is 23.5 Å². The number of anilines is 1. The van der Waals surface area contributed by atoms with Gasteiger partial charge < -0.3 is 10.0 Å². The zero-order valence-corrected chi connectivity index (χ0v) is 12.9. The predicted molar refractivity (Wildman–Crippen MR) is 85.9 cm³/mol. The van der Waals surface area contributed by atoms with Crippen molar-refractivity contribution in [1.82, 2.24) is 0 Å². The third-order valence-electron chi connectivity index (χ3n) is 3.10. The lowest BCUT2D eigenvalue weighted by Gasteiger charge is -2.18. The van der Waals surface area contributed by atoms with Crippen LogP contribution < -0.4 is 15.5 Å². The Morgan fingerprint density at radius 2 is 1.68 bits per heavy atom. The van der Waals surface area contributed by atoms with Crippen molar-refractivity contribution in [3.05, 3.63) is 47.5 Å². The maximum atomic E-state index is 10.2. The van der Waals surface area contributed by atoms with Crippen LogP contribution in [0.5, 0.6) is 5.75 Å². The molecule has 0 radical (unpaired) electrons. The van der Waals surface area contributed by atoms with Crippen LogP contribution >= 0.6 is 8.58 Å². The van der Waals surface area contributed by atoms with Crippen LogP contribution in [-0.4, -0.2) is 19.2 Å². The number of para-hydroxylation sites is 1. The van der Waals surface area contributed by atoms with E-state index in [9.17, 15) is 5.11 Å². The van der Waals surface area contributed by atoms with Gasteiger partial charge in [-0.05, 0) is 37.1 Å². The Morgan fingerprint density at radius 3 is 2.37 bits per heavy atom. The van der Waals surface area contributed by atoms with E-state index in [1.54, 1.807) is 0 Å². The third-order valence-corrected chi connectivity index (χ3v) is 4.44. The summed E-state index contributed by atoms with van der Waals surface area (Å²) in [6, 6.07) is 12.4. The minimum atomic E-state index is 0.428. The molecule has 1 atom stereocenters. The Bertz CT molecular complexity index is 593. The van der Waals surface area contributed by atoms with Crippen LogP contribution in [0.2, 0.25) is 0 Å². The summed E-state index contributed by atoms with van der Waals surface area (Å²) in [6.07, 6.45) is 0. The predicted octanol–water partition coefficient (Wildman–Crippen LogP) is 2.70. The van der Waals surface area contributed by atoms with Gasteiger partial charge in [0.25, 0.3) is 0 Å². The second-order valence-electron chi connectivity index (χ2n) is 5.01. The van der Waals surface area contributed by atoms with Crippen molar-refractivity contribution in [2.45, 2.75) is 13.8 Å². The molecule has 0 spiro atoms. The molecule has 0 amide bonds. The van der Waals surface area contributed by atoms with Crippen molar-refractivity contribution in [2.24, 2.45) is 0 Å². The van der Waals surface area contributed by atoms with Crippen molar-refractivity contribution in [1.29, 1.82) is 0 Å². The number of nitrogens with zero attached hydrogens (tertiary/aromatic N) is 1. The molecule has 0 aromatic heterocycles. The Hall–Kier alpha value is -1.53. The van der Waals surface area contributed by atoms with Gasteiger partial charge in [0.1, 0.15) is 5.75 Å². The average Bonchev–Trinajstić information content (AvgIpc) is 2.35. The van der Waals surface area contributed by atoms with Gasteiger partial charge in [0.15, 0.2) is 0 Å². The summed E-state index contributed by atoms with van der Waals surface area (Å²) in [4.78, 5) is 2.11. The molecular formula is C16H20NOP. The quantitative estimate of drug-likeness (QED) is 0.869. The molecule has 0 heterocycles. The molecule has 0 saturated heterocycles. The molecule has 0 bridgehead atoms. The highest BCUT2D eigenvalue weighted by atomic mass is 31.1. The molecule has 0 aliphatic carbocycles. The Morgan fingerprint density at radius 1 is 1.00 bits per heavy atom. The van der Waals surface area contributed by atoms with Gasteiger partial charge in [0.05, 0.1) is 0 Å². The summed E-state index contributed by atoms with van der Waals surface area (Å²) in [7, 11) is 4.56. The fourth-order valence-corrected chi connectivity index (χ4v) is 3.69. The lowest BCUT2D eigenvalue weighted by molar-refractivity contribution is 0.475. The zero-order chi connectivity index (χ0) is 14.0. The van der Waals surface area contributed by atoms with Crippen LogP contribution in [0.4, 0.5) is 5.69 Å². The number of rotatable bonds is 3. The first kappa shape index (κ1) is 13.9. The largest absolute Gasteiger partial charge is 0.507 e. The Balaban J connectivity index is 2.42. The summed E-state index contributed by atoms with van der Waals surface area (Å²) in [6.45, 7) is 4.02. The average molecular weight is 273 g/mol. The van der Waals surface area contributed by atoms with Gasteiger partial charge in [-0.25, -0.2) is 0 Å². The molecule has 2 aromatic rings. The van der Waals surface area contributed by atoms with Crippen molar-refractivity contribution in [2.75, 3.05) is 19.0 Å². The van der Waals surface area contributed by atoms with Crippen molar-refractivity contribution < 1.29 is 5.11 Å². The highest BCUT2D eigenvalue weighted by Crippen LogP contribution is 2.26. The summed E-state index contributed by atoms with van der Waals surface area (Å²) in [5.41, 5.74) is 3.35. The van der Waals surface area contributed by atoms with Gasteiger partial charge in [-0.15, -0.1) is 0 Å². The van der Waals surface area contributed by atoms with Gasteiger partial charge in [-0.2, -0.15) is 0 Å². The van der Waals surface area contributed by atoms with Crippen LogP contribution in [0.25, 0.3) is 0 Å². The second kappa shape index (κ2) is 5.63. The molecular weight excluding hydrogens is 253 g/mol. The van der Waals surface area contributed by atoms with Crippen LogP contribution in [-0.2, 0) is 0 Å². The summed E-state index contributed by atoms with van der Waals surface area (Å²) in [5, 5.41) is 12.5. The summed E-state index contributed by atoms with van der Waals surface area (Å²) < 4.78 is 0. The standard InChI is InChI=1S/C16H20NOP/c1-11-9-12(2)16(18)15(10-11)19-14-8-6-5-7-13(14)17(3)4/h5-10,18-19H,1-4H3. The molecule has 19 heavy (non-hydrogen) atoms. The monoisotopic (exact) mass is 273 g/mol. The van der Waals surface area contributed by atoms with Gasteiger partial charge in [-0.1, -0.05) is 32.8 Å². The fourth-order valence-electron chi connectivity index (χ4n) is 2.17. The highest BCUT2D eigenvalue weighted by Gasteiger charge is 2.10. The molecule has 1 N–H and O–H groups in total. The molecule has 0 aliphatic heterocycles. The first-order chi connectivity index (χ1) is 8.99.